The summed E-state index contributed by atoms with van der Waals surface area (Å²) in [5.74, 6) is -1.01. The van der Waals surface area contributed by atoms with Crippen LogP contribution < -0.4 is 0 Å². The minimum atomic E-state index is -3.93. The Labute approximate surface area is 145 Å². The summed E-state index contributed by atoms with van der Waals surface area (Å²) in [5, 5.41) is -0.923. The van der Waals surface area contributed by atoms with Crippen LogP contribution in [0, 0.1) is 0 Å². The molecule has 0 aromatic heterocycles. The van der Waals surface area contributed by atoms with Gasteiger partial charge < -0.3 is 0 Å². The molecule has 8 heteroatoms. The zero-order valence-electron chi connectivity index (χ0n) is 12.6. The van der Waals surface area contributed by atoms with E-state index in [0.717, 1.165) is 4.90 Å². The minimum Gasteiger partial charge on any atom is -0.282 e. The second kappa shape index (κ2) is 7.20. The van der Waals surface area contributed by atoms with E-state index in [1.807, 2.05) is 0 Å². The molecule has 1 saturated heterocycles. The molecule has 1 atom stereocenters. The van der Waals surface area contributed by atoms with Gasteiger partial charge in [-0.05, 0) is 37.5 Å². The Morgan fingerprint density at radius 2 is 1.96 bits per heavy atom. The number of rotatable bonds is 3. The maximum atomic E-state index is 12.8. The molecule has 1 unspecified atom stereocenters. The highest BCUT2D eigenvalue weighted by Crippen LogP contribution is 2.29. The normalized spacial score (nSPS) is 19.5. The molecule has 5 nitrogen and oxygen atoms in total. The Bertz CT molecular complexity index is 733. The van der Waals surface area contributed by atoms with Gasteiger partial charge in [0.15, 0.2) is 9.84 Å². The standard InChI is InChI=1S/C15H17Cl2NO4S/c1-2-14(19)18-8-4-3-5-13(15(18)20)23(21,22)10-6-7-11(16)12(17)9-10/h6-7,9,13H,2-5,8H2,1H3. The highest BCUT2D eigenvalue weighted by atomic mass is 35.5. The maximum Gasteiger partial charge on any atom is 0.247 e. The third-order valence-corrected chi connectivity index (χ3v) is 6.67. The second-order valence-corrected chi connectivity index (χ2v) is 8.29. The van der Waals surface area contributed by atoms with Crippen molar-refractivity contribution < 1.29 is 18.0 Å². The summed E-state index contributed by atoms with van der Waals surface area (Å²) in [4.78, 5) is 25.5. The Hall–Kier alpha value is -1.11. The van der Waals surface area contributed by atoms with Crippen molar-refractivity contribution in [2.75, 3.05) is 6.54 Å². The molecule has 1 fully saturated rings. The molecular formula is C15H17Cl2NO4S. The van der Waals surface area contributed by atoms with E-state index in [4.69, 9.17) is 23.2 Å². The van der Waals surface area contributed by atoms with Crippen molar-refractivity contribution in [3.63, 3.8) is 0 Å². The number of amides is 2. The third-order valence-electron chi connectivity index (χ3n) is 3.84. The lowest BCUT2D eigenvalue weighted by atomic mass is 10.2. The monoisotopic (exact) mass is 377 g/mol. The molecule has 1 aromatic carbocycles. The average Bonchev–Trinajstić information content (AvgIpc) is 2.71. The van der Waals surface area contributed by atoms with Crippen LogP contribution in [0.1, 0.15) is 32.6 Å². The van der Waals surface area contributed by atoms with Gasteiger partial charge in [-0.2, -0.15) is 0 Å². The molecule has 126 valence electrons. The topological polar surface area (TPSA) is 71.5 Å². The van der Waals surface area contributed by atoms with Gasteiger partial charge >= 0.3 is 0 Å². The van der Waals surface area contributed by atoms with Crippen LogP contribution in [0.2, 0.25) is 10.0 Å². The van der Waals surface area contributed by atoms with Crippen LogP contribution in [-0.4, -0.2) is 36.9 Å². The number of nitrogens with zero attached hydrogens (tertiary/aromatic N) is 1. The van der Waals surface area contributed by atoms with Crippen molar-refractivity contribution >= 4 is 44.9 Å². The lowest BCUT2D eigenvalue weighted by Crippen LogP contribution is -2.44. The summed E-state index contributed by atoms with van der Waals surface area (Å²) in [7, 11) is -3.93. The predicted molar refractivity (Wildman–Crippen MR) is 88.3 cm³/mol. The zero-order valence-corrected chi connectivity index (χ0v) is 14.9. The number of benzene rings is 1. The third kappa shape index (κ3) is 3.70. The summed E-state index contributed by atoms with van der Waals surface area (Å²) in [6.45, 7) is 1.90. The van der Waals surface area contributed by atoms with E-state index in [1.54, 1.807) is 6.92 Å². The highest BCUT2D eigenvalue weighted by Gasteiger charge is 2.39. The number of carbonyl (C=O) groups excluding carboxylic acids is 2. The largest absolute Gasteiger partial charge is 0.282 e. The number of halogens is 2. The van der Waals surface area contributed by atoms with Gasteiger partial charge in [0.05, 0.1) is 14.9 Å². The Morgan fingerprint density at radius 3 is 2.57 bits per heavy atom. The van der Waals surface area contributed by atoms with Crippen molar-refractivity contribution in [1.82, 2.24) is 4.90 Å². The number of carbonyl (C=O) groups is 2. The molecule has 2 rings (SSSR count). The Kier molecular flexibility index (Phi) is 5.70. The number of hydrogen-bond acceptors (Lipinski definition) is 4. The van der Waals surface area contributed by atoms with Gasteiger partial charge in [-0.25, -0.2) is 8.42 Å². The van der Waals surface area contributed by atoms with Gasteiger partial charge in [0.2, 0.25) is 11.8 Å². The number of likely N-dealkylation sites (tertiary alicyclic amines) is 1. The van der Waals surface area contributed by atoms with Crippen LogP contribution >= 0.6 is 23.2 Å². The van der Waals surface area contributed by atoms with Crippen molar-refractivity contribution in [1.29, 1.82) is 0 Å². The summed E-state index contributed by atoms with van der Waals surface area (Å²) >= 11 is 11.7. The van der Waals surface area contributed by atoms with Gasteiger partial charge in [0.1, 0.15) is 5.25 Å². The fraction of sp³-hybridized carbons (Fsp3) is 0.467. The van der Waals surface area contributed by atoms with Crippen LogP contribution in [-0.2, 0) is 19.4 Å². The van der Waals surface area contributed by atoms with Crippen LogP contribution in [0.25, 0.3) is 0 Å². The predicted octanol–water partition coefficient (Wildman–Crippen LogP) is 3.08. The maximum absolute atomic E-state index is 12.8. The molecule has 0 radical (unpaired) electrons. The molecule has 0 aliphatic carbocycles. The molecule has 0 bridgehead atoms. The van der Waals surface area contributed by atoms with E-state index in [0.29, 0.717) is 12.8 Å². The Balaban J connectivity index is 2.42. The lowest BCUT2D eigenvalue weighted by molar-refractivity contribution is -0.143. The van der Waals surface area contributed by atoms with Gasteiger partial charge in [-0.3, -0.25) is 14.5 Å². The van der Waals surface area contributed by atoms with E-state index in [9.17, 15) is 18.0 Å². The van der Waals surface area contributed by atoms with Gasteiger partial charge in [-0.1, -0.05) is 30.1 Å². The van der Waals surface area contributed by atoms with Crippen LogP contribution in [0.3, 0.4) is 0 Å². The summed E-state index contributed by atoms with van der Waals surface area (Å²) < 4.78 is 25.6. The van der Waals surface area contributed by atoms with E-state index >= 15 is 0 Å². The molecule has 1 aromatic rings. The number of sulfone groups is 1. The quantitative estimate of drug-likeness (QED) is 0.811. The first-order chi connectivity index (χ1) is 10.8. The van der Waals surface area contributed by atoms with Crippen LogP contribution in [0.15, 0.2) is 23.1 Å². The molecule has 1 aliphatic rings. The lowest BCUT2D eigenvalue weighted by Gasteiger charge is -2.22. The van der Waals surface area contributed by atoms with Gasteiger partial charge in [0, 0.05) is 13.0 Å². The highest BCUT2D eigenvalue weighted by molar-refractivity contribution is 7.92. The van der Waals surface area contributed by atoms with Crippen molar-refractivity contribution in [3.8, 4) is 0 Å². The smallest absolute Gasteiger partial charge is 0.247 e. The van der Waals surface area contributed by atoms with Gasteiger partial charge in [-0.15, -0.1) is 0 Å². The number of hydrogen-bond donors (Lipinski definition) is 0. The average molecular weight is 378 g/mol. The number of imide groups is 1. The zero-order chi connectivity index (χ0) is 17.2. The second-order valence-electron chi connectivity index (χ2n) is 5.34. The van der Waals surface area contributed by atoms with Crippen LogP contribution in [0.5, 0.6) is 0 Å². The fourth-order valence-electron chi connectivity index (χ4n) is 2.55. The Morgan fingerprint density at radius 1 is 1.26 bits per heavy atom. The molecule has 0 saturated carbocycles. The summed E-state index contributed by atoms with van der Waals surface area (Å²) in [6.07, 6.45) is 1.51. The SMILES string of the molecule is CCC(=O)N1CCCCC(S(=O)(=O)c2ccc(Cl)c(Cl)c2)C1=O. The van der Waals surface area contributed by atoms with E-state index in [2.05, 4.69) is 0 Å². The van der Waals surface area contributed by atoms with Crippen molar-refractivity contribution in [2.45, 2.75) is 42.8 Å². The fourth-order valence-corrected chi connectivity index (χ4v) is 4.65. The molecular weight excluding hydrogens is 361 g/mol. The van der Waals surface area contributed by atoms with E-state index in [1.165, 1.54) is 18.2 Å². The molecule has 0 N–H and O–H groups in total. The molecule has 23 heavy (non-hydrogen) atoms. The minimum absolute atomic E-state index is 0.0592. The molecule has 1 heterocycles. The van der Waals surface area contributed by atoms with Crippen molar-refractivity contribution in [3.05, 3.63) is 28.2 Å². The van der Waals surface area contributed by atoms with Gasteiger partial charge in [0.25, 0.3) is 0 Å². The summed E-state index contributed by atoms with van der Waals surface area (Å²) in [6, 6.07) is 3.95. The molecule has 2 amide bonds. The first kappa shape index (κ1) is 18.2. The summed E-state index contributed by atoms with van der Waals surface area (Å²) in [5.41, 5.74) is 0. The van der Waals surface area contributed by atoms with Crippen molar-refractivity contribution in [2.24, 2.45) is 0 Å². The van der Waals surface area contributed by atoms with Crippen LogP contribution in [0.4, 0.5) is 0 Å². The first-order valence-electron chi connectivity index (χ1n) is 7.32. The van der Waals surface area contributed by atoms with E-state index in [-0.39, 0.29) is 40.2 Å². The first-order valence-corrected chi connectivity index (χ1v) is 9.62. The molecule has 0 spiro atoms. The molecule has 1 aliphatic heterocycles. The van der Waals surface area contributed by atoms with E-state index < -0.39 is 21.0 Å².